The molecule has 94 valence electrons. The monoisotopic (exact) mass is 254 g/mol. The summed E-state index contributed by atoms with van der Waals surface area (Å²) in [7, 11) is 0. The molecule has 1 rings (SSSR count). The standard InChI is InChI=1S/C11H18N4OS/c1-8(2)15-11(3,10(12)16)7-17-9-6-13-4-5-14-9/h4-6,8,15H,7H2,1-3H3,(H2,12,16). The molecule has 1 atom stereocenters. The zero-order valence-corrected chi connectivity index (χ0v) is 11.1. The molecule has 1 amide bonds. The Bertz CT molecular complexity index is 371. The maximum Gasteiger partial charge on any atom is 0.238 e. The van der Waals surface area contributed by atoms with Crippen LogP contribution in [0, 0.1) is 0 Å². The SMILES string of the molecule is CC(C)NC(C)(CSc1cnccn1)C(N)=O. The van der Waals surface area contributed by atoms with Crippen LogP contribution < -0.4 is 11.1 Å². The molecule has 0 aliphatic rings. The molecule has 0 spiro atoms. The summed E-state index contributed by atoms with van der Waals surface area (Å²) in [4.78, 5) is 19.6. The molecule has 6 heteroatoms. The largest absolute Gasteiger partial charge is 0.368 e. The van der Waals surface area contributed by atoms with Gasteiger partial charge in [0.15, 0.2) is 0 Å². The highest BCUT2D eigenvalue weighted by atomic mass is 32.2. The third-order valence-electron chi connectivity index (χ3n) is 2.20. The number of aromatic nitrogens is 2. The van der Waals surface area contributed by atoms with E-state index in [1.165, 1.54) is 11.8 Å². The molecule has 1 aromatic heterocycles. The lowest BCUT2D eigenvalue weighted by molar-refractivity contribution is -0.123. The van der Waals surface area contributed by atoms with Gasteiger partial charge in [0.1, 0.15) is 10.6 Å². The van der Waals surface area contributed by atoms with Gasteiger partial charge in [0.25, 0.3) is 0 Å². The fourth-order valence-corrected chi connectivity index (χ4v) is 2.33. The number of nitrogens with one attached hydrogen (secondary N) is 1. The van der Waals surface area contributed by atoms with E-state index < -0.39 is 5.54 Å². The van der Waals surface area contributed by atoms with Gasteiger partial charge in [-0.25, -0.2) is 4.98 Å². The van der Waals surface area contributed by atoms with Crippen molar-refractivity contribution in [3.8, 4) is 0 Å². The van der Waals surface area contributed by atoms with Gasteiger partial charge in [0, 0.05) is 24.2 Å². The molecule has 0 saturated heterocycles. The van der Waals surface area contributed by atoms with E-state index in [0.29, 0.717) is 5.75 Å². The van der Waals surface area contributed by atoms with Gasteiger partial charge in [-0.15, -0.1) is 11.8 Å². The molecule has 0 aliphatic heterocycles. The van der Waals surface area contributed by atoms with Crippen LogP contribution in [0.3, 0.4) is 0 Å². The van der Waals surface area contributed by atoms with E-state index >= 15 is 0 Å². The number of carbonyl (C=O) groups is 1. The van der Waals surface area contributed by atoms with Crippen molar-refractivity contribution in [2.24, 2.45) is 5.73 Å². The predicted molar refractivity (Wildman–Crippen MR) is 68.6 cm³/mol. The molecule has 0 aromatic carbocycles. The summed E-state index contributed by atoms with van der Waals surface area (Å²) in [5.41, 5.74) is 4.69. The number of hydrogen-bond donors (Lipinski definition) is 2. The molecule has 1 aromatic rings. The van der Waals surface area contributed by atoms with Crippen LogP contribution in [-0.4, -0.2) is 33.2 Å². The second kappa shape index (κ2) is 5.97. The summed E-state index contributed by atoms with van der Waals surface area (Å²) in [5, 5.41) is 3.97. The molecule has 17 heavy (non-hydrogen) atoms. The number of nitrogens with zero attached hydrogens (tertiary/aromatic N) is 2. The maximum absolute atomic E-state index is 11.5. The van der Waals surface area contributed by atoms with E-state index in [4.69, 9.17) is 5.73 Å². The molecule has 1 heterocycles. The number of carbonyl (C=O) groups excluding carboxylic acids is 1. The zero-order chi connectivity index (χ0) is 12.9. The topological polar surface area (TPSA) is 80.9 Å². The van der Waals surface area contributed by atoms with E-state index in [1.54, 1.807) is 25.5 Å². The normalized spacial score (nSPS) is 14.6. The summed E-state index contributed by atoms with van der Waals surface area (Å²) < 4.78 is 0. The highest BCUT2D eigenvalue weighted by Gasteiger charge is 2.31. The minimum Gasteiger partial charge on any atom is -0.368 e. The van der Waals surface area contributed by atoms with E-state index in [0.717, 1.165) is 5.03 Å². The number of amides is 1. The van der Waals surface area contributed by atoms with Crippen molar-refractivity contribution in [1.29, 1.82) is 0 Å². The summed E-state index contributed by atoms with van der Waals surface area (Å²) in [6, 6.07) is 0.190. The summed E-state index contributed by atoms with van der Waals surface area (Å²) in [6.45, 7) is 5.76. The maximum atomic E-state index is 11.5. The molecule has 1 unspecified atom stereocenters. The smallest absolute Gasteiger partial charge is 0.238 e. The van der Waals surface area contributed by atoms with E-state index in [9.17, 15) is 4.79 Å². The van der Waals surface area contributed by atoms with Gasteiger partial charge in [0.05, 0.1) is 6.20 Å². The molecule has 0 aliphatic carbocycles. The first-order valence-electron chi connectivity index (χ1n) is 5.40. The van der Waals surface area contributed by atoms with Crippen LogP contribution in [0.1, 0.15) is 20.8 Å². The van der Waals surface area contributed by atoms with Crippen molar-refractivity contribution < 1.29 is 4.79 Å². The second-order valence-electron chi connectivity index (χ2n) is 4.33. The van der Waals surface area contributed by atoms with Crippen molar-refractivity contribution in [3.63, 3.8) is 0 Å². The summed E-state index contributed by atoms with van der Waals surface area (Å²) >= 11 is 1.46. The average molecular weight is 254 g/mol. The highest BCUT2D eigenvalue weighted by Crippen LogP contribution is 2.20. The van der Waals surface area contributed by atoms with Crippen LogP contribution in [0.4, 0.5) is 0 Å². The Morgan fingerprint density at radius 3 is 2.76 bits per heavy atom. The minimum atomic E-state index is -0.740. The van der Waals surface area contributed by atoms with Crippen LogP contribution in [-0.2, 0) is 4.79 Å². The molecular weight excluding hydrogens is 236 g/mol. The summed E-state index contributed by atoms with van der Waals surface area (Å²) in [5.74, 6) is 0.168. The van der Waals surface area contributed by atoms with Crippen molar-refractivity contribution in [3.05, 3.63) is 18.6 Å². The number of nitrogens with two attached hydrogens (primary N) is 1. The van der Waals surface area contributed by atoms with E-state index in [2.05, 4.69) is 15.3 Å². The molecule has 3 N–H and O–H groups in total. The first-order chi connectivity index (χ1) is 7.94. The van der Waals surface area contributed by atoms with Gasteiger partial charge >= 0.3 is 0 Å². The fourth-order valence-electron chi connectivity index (χ4n) is 1.40. The Morgan fingerprint density at radius 1 is 1.59 bits per heavy atom. The molecule has 0 fully saturated rings. The number of thioether (sulfide) groups is 1. The highest BCUT2D eigenvalue weighted by molar-refractivity contribution is 7.99. The van der Waals surface area contributed by atoms with Crippen molar-refractivity contribution in [2.75, 3.05) is 5.75 Å². The Hall–Kier alpha value is -1.14. The van der Waals surface area contributed by atoms with Crippen molar-refractivity contribution in [1.82, 2.24) is 15.3 Å². The first-order valence-corrected chi connectivity index (χ1v) is 6.39. The lowest BCUT2D eigenvalue weighted by Crippen LogP contribution is -2.57. The molecular formula is C11H18N4OS. The summed E-state index contributed by atoms with van der Waals surface area (Å²) in [6.07, 6.45) is 4.91. The number of hydrogen-bond acceptors (Lipinski definition) is 5. The third-order valence-corrected chi connectivity index (χ3v) is 3.43. The molecule has 0 bridgehead atoms. The number of rotatable bonds is 6. The lowest BCUT2D eigenvalue weighted by Gasteiger charge is -2.29. The fraction of sp³-hybridized carbons (Fsp3) is 0.545. The average Bonchev–Trinajstić information content (AvgIpc) is 2.27. The van der Waals surface area contributed by atoms with E-state index in [1.807, 2.05) is 13.8 Å². The quantitative estimate of drug-likeness (QED) is 0.734. The van der Waals surface area contributed by atoms with Gasteiger partial charge in [-0.3, -0.25) is 9.78 Å². The number of primary amides is 1. The van der Waals surface area contributed by atoms with Gasteiger partial charge in [-0.1, -0.05) is 0 Å². The Morgan fingerprint density at radius 2 is 2.29 bits per heavy atom. The van der Waals surface area contributed by atoms with Gasteiger partial charge < -0.3 is 11.1 Å². The Kier molecular flexibility index (Phi) is 4.89. The predicted octanol–water partition coefficient (Wildman–Crippen LogP) is 0.811. The third kappa shape index (κ3) is 4.32. The molecule has 0 radical (unpaired) electrons. The zero-order valence-electron chi connectivity index (χ0n) is 10.3. The minimum absolute atomic E-state index is 0.190. The first kappa shape index (κ1) is 13.9. The van der Waals surface area contributed by atoms with Crippen LogP contribution in [0.25, 0.3) is 0 Å². The Balaban J connectivity index is 2.65. The lowest BCUT2D eigenvalue weighted by atomic mass is 10.0. The molecule has 5 nitrogen and oxygen atoms in total. The van der Waals surface area contributed by atoms with Crippen molar-refractivity contribution in [2.45, 2.75) is 37.4 Å². The van der Waals surface area contributed by atoms with Crippen LogP contribution in [0.2, 0.25) is 0 Å². The van der Waals surface area contributed by atoms with Crippen LogP contribution in [0.15, 0.2) is 23.6 Å². The van der Waals surface area contributed by atoms with Crippen LogP contribution in [0.5, 0.6) is 0 Å². The van der Waals surface area contributed by atoms with E-state index in [-0.39, 0.29) is 11.9 Å². The van der Waals surface area contributed by atoms with Gasteiger partial charge in [-0.2, -0.15) is 0 Å². The van der Waals surface area contributed by atoms with Gasteiger partial charge in [-0.05, 0) is 20.8 Å². The second-order valence-corrected chi connectivity index (χ2v) is 5.32. The van der Waals surface area contributed by atoms with Gasteiger partial charge in [0.2, 0.25) is 5.91 Å². The Labute approximate surface area is 106 Å². The molecule has 0 saturated carbocycles. The van der Waals surface area contributed by atoms with Crippen LogP contribution >= 0.6 is 11.8 Å². The van der Waals surface area contributed by atoms with Crippen molar-refractivity contribution >= 4 is 17.7 Å².